The summed E-state index contributed by atoms with van der Waals surface area (Å²) in [6.45, 7) is 1.22. The first-order chi connectivity index (χ1) is 11.9. The number of esters is 1. The Balaban J connectivity index is -0.000000310. The highest BCUT2D eigenvalue weighted by Crippen LogP contribution is 2.26. The van der Waals surface area contributed by atoms with Gasteiger partial charge in [-0.1, -0.05) is 42.7 Å². The van der Waals surface area contributed by atoms with E-state index in [2.05, 4.69) is 22.4 Å². The zero-order valence-electron chi connectivity index (χ0n) is 13.9. The number of aliphatic hydroxyl groups excluding tert-OH is 3. The van der Waals surface area contributed by atoms with Gasteiger partial charge in [0.25, 0.3) is 0 Å². The molecule has 0 spiro atoms. The lowest BCUT2D eigenvalue weighted by Crippen LogP contribution is -2.40. The van der Waals surface area contributed by atoms with E-state index in [0.29, 0.717) is 5.56 Å². The summed E-state index contributed by atoms with van der Waals surface area (Å²) in [4.78, 5) is 11.6. The van der Waals surface area contributed by atoms with Crippen LogP contribution in [-0.2, 0) is 31.9 Å². The summed E-state index contributed by atoms with van der Waals surface area (Å²) in [6, 6.07) is 4.54. The highest BCUT2D eigenvalue weighted by Gasteiger charge is 2.24. The van der Waals surface area contributed by atoms with E-state index in [1.165, 1.54) is 25.3 Å². The van der Waals surface area contributed by atoms with Gasteiger partial charge in [-0.05, 0) is 30.2 Å². The Morgan fingerprint density at radius 1 is 1.10 bits per heavy atom. The number of ether oxygens (including phenoxy) is 2. The second kappa shape index (κ2) is 21.1. The molecule has 3 unspecified atom stereocenters. The first-order valence-electron chi connectivity index (χ1n) is 7.31. The number of phenols is 1. The number of aliphatic hydroxyl groups is 3. The lowest BCUT2D eigenvalue weighted by atomic mass is 10.1. The number of hydrogen-bond donors (Lipinski definition) is 4. The van der Waals surface area contributed by atoms with E-state index in [9.17, 15) is 25.2 Å². The summed E-state index contributed by atoms with van der Waals surface area (Å²) in [5.74, 6) is -0.458. The second-order valence-corrected chi connectivity index (χ2v) is 4.93. The molecule has 0 saturated carbocycles. The molecule has 0 amide bonds. The number of phenolic OH excluding ortho intramolecular Hbond substituents is 1. The molecule has 0 fully saturated rings. The van der Waals surface area contributed by atoms with Crippen LogP contribution in [0.2, 0.25) is 0 Å². The standard InChI is InChI=1S/C16H22O7.4CH4.S2/c1-3-11(17)16(21)13(19)9-23-15(20)7-5-10-4-6-12(18)14(8-10)22-2;;;;;1-2/h4-8,11,13,16-19,21H,3,9H2,1-2H3;4*1H4;/b7-5+;;;;;. The molecule has 0 aliphatic carbocycles. The zero-order valence-corrected chi connectivity index (χ0v) is 15.5. The molecule has 172 valence electrons. The van der Waals surface area contributed by atoms with Gasteiger partial charge >= 0.3 is 5.97 Å². The van der Waals surface area contributed by atoms with Crippen molar-refractivity contribution in [1.29, 1.82) is 0 Å². The van der Waals surface area contributed by atoms with Gasteiger partial charge in [-0.2, -0.15) is 0 Å². The van der Waals surface area contributed by atoms with Gasteiger partial charge in [-0.25, -0.2) is 4.79 Å². The monoisotopic (exact) mass is 454 g/mol. The van der Waals surface area contributed by atoms with E-state index in [1.807, 2.05) is 0 Å². The highest BCUT2D eigenvalue weighted by atomic mass is 32.8. The second-order valence-electron chi connectivity index (χ2n) is 4.93. The van der Waals surface area contributed by atoms with Crippen LogP contribution in [0.3, 0.4) is 0 Å². The Kier molecular flexibility index (Phi) is 27.6. The Labute approximate surface area is 185 Å². The van der Waals surface area contributed by atoms with Crippen LogP contribution in [0.1, 0.15) is 48.6 Å². The lowest BCUT2D eigenvalue weighted by Gasteiger charge is -2.21. The molecular formula is C20H38O7S2. The van der Waals surface area contributed by atoms with Gasteiger partial charge < -0.3 is 29.9 Å². The number of hydrogen-bond acceptors (Lipinski definition) is 9. The van der Waals surface area contributed by atoms with Crippen LogP contribution in [-0.4, -0.2) is 58.4 Å². The van der Waals surface area contributed by atoms with Crippen molar-refractivity contribution in [3.05, 3.63) is 29.8 Å². The van der Waals surface area contributed by atoms with Gasteiger partial charge in [0, 0.05) is 28.5 Å². The number of methoxy groups -OCH3 is 1. The summed E-state index contributed by atoms with van der Waals surface area (Å²) < 4.78 is 9.74. The lowest BCUT2D eigenvalue weighted by molar-refractivity contribution is -0.145. The molecule has 0 aromatic heterocycles. The van der Waals surface area contributed by atoms with Gasteiger partial charge in [0.2, 0.25) is 0 Å². The minimum absolute atomic E-state index is 0. The van der Waals surface area contributed by atoms with Crippen LogP contribution in [0.15, 0.2) is 24.3 Å². The fraction of sp³-hybridized carbons (Fsp3) is 0.550. The highest BCUT2D eigenvalue weighted by molar-refractivity contribution is 8.07. The van der Waals surface area contributed by atoms with Crippen molar-refractivity contribution >= 4 is 34.4 Å². The fourth-order valence-corrected chi connectivity index (χ4v) is 1.77. The molecule has 0 aliphatic rings. The van der Waals surface area contributed by atoms with Gasteiger partial charge in [-0.15, -0.1) is 0 Å². The van der Waals surface area contributed by atoms with Crippen molar-refractivity contribution in [2.24, 2.45) is 0 Å². The summed E-state index contributed by atoms with van der Waals surface area (Å²) in [5.41, 5.74) is 0.610. The van der Waals surface area contributed by atoms with Gasteiger partial charge in [0.05, 0.1) is 13.2 Å². The fourth-order valence-electron chi connectivity index (χ4n) is 1.77. The zero-order chi connectivity index (χ0) is 19.4. The number of carbonyl (C=O) groups is 1. The first-order valence-corrected chi connectivity index (χ1v) is 8.65. The van der Waals surface area contributed by atoms with E-state index in [1.54, 1.807) is 13.0 Å². The van der Waals surface area contributed by atoms with E-state index in [0.717, 1.165) is 6.08 Å². The minimum Gasteiger partial charge on any atom is -0.504 e. The molecule has 1 aromatic carbocycles. The van der Waals surface area contributed by atoms with Crippen molar-refractivity contribution < 1.29 is 34.7 Å². The number of benzene rings is 1. The average molecular weight is 455 g/mol. The number of carbonyl (C=O) groups excluding carboxylic acids is 1. The van der Waals surface area contributed by atoms with Crippen LogP contribution in [0, 0.1) is 0 Å². The van der Waals surface area contributed by atoms with E-state index >= 15 is 0 Å². The quantitative estimate of drug-likeness (QED) is 0.347. The van der Waals surface area contributed by atoms with Crippen LogP contribution in [0.4, 0.5) is 0 Å². The third-order valence-corrected chi connectivity index (χ3v) is 3.22. The van der Waals surface area contributed by atoms with Crippen LogP contribution in [0.5, 0.6) is 11.5 Å². The van der Waals surface area contributed by atoms with E-state index in [-0.39, 0.29) is 47.6 Å². The molecule has 7 nitrogen and oxygen atoms in total. The molecule has 0 aliphatic heterocycles. The van der Waals surface area contributed by atoms with Gasteiger partial charge in [-0.3, -0.25) is 0 Å². The van der Waals surface area contributed by atoms with Crippen LogP contribution < -0.4 is 4.74 Å². The molecular weight excluding hydrogens is 416 g/mol. The van der Waals surface area contributed by atoms with Crippen molar-refractivity contribution in [3.63, 3.8) is 0 Å². The third kappa shape index (κ3) is 14.0. The predicted molar refractivity (Wildman–Crippen MR) is 125 cm³/mol. The minimum atomic E-state index is -1.38. The van der Waals surface area contributed by atoms with Crippen molar-refractivity contribution in [2.45, 2.75) is 61.4 Å². The smallest absolute Gasteiger partial charge is 0.330 e. The molecule has 0 heterocycles. The Bertz CT molecular complexity index is 568. The third-order valence-electron chi connectivity index (χ3n) is 3.22. The largest absolute Gasteiger partial charge is 0.504 e. The Morgan fingerprint density at radius 3 is 2.14 bits per heavy atom. The topological polar surface area (TPSA) is 116 Å². The molecule has 3 atom stereocenters. The van der Waals surface area contributed by atoms with E-state index in [4.69, 9.17) is 9.47 Å². The Hall–Kier alpha value is -1.65. The average Bonchev–Trinajstić information content (AvgIpc) is 2.65. The maximum atomic E-state index is 11.6. The number of rotatable bonds is 8. The molecule has 1 aromatic rings. The molecule has 4 N–H and O–H groups in total. The van der Waals surface area contributed by atoms with Crippen molar-refractivity contribution in [2.75, 3.05) is 13.7 Å². The number of aromatic hydroxyl groups is 1. The first kappa shape index (κ1) is 38.0. The Morgan fingerprint density at radius 2 is 1.66 bits per heavy atom. The summed E-state index contributed by atoms with van der Waals surface area (Å²) >= 11 is 7.33. The van der Waals surface area contributed by atoms with Gasteiger partial charge in [0.15, 0.2) is 11.5 Å². The summed E-state index contributed by atoms with van der Waals surface area (Å²) in [5, 5.41) is 38.0. The maximum Gasteiger partial charge on any atom is 0.330 e. The maximum absolute atomic E-state index is 11.6. The molecule has 29 heavy (non-hydrogen) atoms. The van der Waals surface area contributed by atoms with Crippen molar-refractivity contribution in [1.82, 2.24) is 0 Å². The molecule has 0 radical (unpaired) electrons. The molecule has 1 rings (SSSR count). The molecule has 0 bridgehead atoms. The molecule has 9 heteroatoms. The van der Waals surface area contributed by atoms with Crippen LogP contribution >= 0.6 is 0 Å². The van der Waals surface area contributed by atoms with Gasteiger partial charge in [0.1, 0.15) is 18.8 Å². The normalized spacial score (nSPS) is 12.2. The van der Waals surface area contributed by atoms with Crippen LogP contribution in [0.25, 0.3) is 6.08 Å². The van der Waals surface area contributed by atoms with E-state index < -0.39 is 30.9 Å². The predicted octanol–water partition coefficient (Wildman–Crippen LogP) is 2.99. The summed E-state index contributed by atoms with van der Waals surface area (Å²) in [7, 11) is 1.41. The SMILES string of the molecule is C.C.C.C.CCC(O)C(O)C(O)COC(=O)/C=C/c1ccc(O)c(OC)c1.S=S. The van der Waals surface area contributed by atoms with Crippen molar-refractivity contribution in [3.8, 4) is 11.5 Å². The summed E-state index contributed by atoms with van der Waals surface area (Å²) in [6.07, 6.45) is -0.956. The molecule has 0 saturated heterocycles.